The fourth-order valence-electron chi connectivity index (χ4n) is 1.45. The molecule has 106 valence electrons. The van der Waals surface area contributed by atoms with Gasteiger partial charge in [0.2, 0.25) is 0 Å². The highest BCUT2D eigenvalue weighted by molar-refractivity contribution is 5.79. The lowest BCUT2D eigenvalue weighted by atomic mass is 10.2. The van der Waals surface area contributed by atoms with Crippen LogP contribution in [-0.4, -0.2) is 38.7 Å². The van der Waals surface area contributed by atoms with Crippen LogP contribution in [0.4, 0.5) is 0 Å². The van der Waals surface area contributed by atoms with Crippen LogP contribution >= 0.6 is 0 Å². The number of hydrogen-bond acceptors (Lipinski definition) is 3. The van der Waals surface area contributed by atoms with Crippen LogP contribution in [0.1, 0.15) is 46.0 Å². The fourth-order valence-corrected chi connectivity index (χ4v) is 1.45. The van der Waals surface area contributed by atoms with Gasteiger partial charge in [-0.3, -0.25) is 9.79 Å². The molecule has 0 unspecified atom stereocenters. The van der Waals surface area contributed by atoms with E-state index in [0.717, 1.165) is 51.3 Å². The number of nitrogens with one attached hydrogen (secondary N) is 2. The third-order valence-corrected chi connectivity index (χ3v) is 2.42. The average Bonchev–Trinajstić information content (AvgIpc) is 2.39. The molecule has 0 aliphatic rings. The molecule has 0 saturated heterocycles. The van der Waals surface area contributed by atoms with E-state index in [4.69, 9.17) is 0 Å². The van der Waals surface area contributed by atoms with Crippen molar-refractivity contribution >= 4 is 11.9 Å². The average molecular weight is 257 g/mol. The molecule has 0 amide bonds. The Morgan fingerprint density at radius 2 is 1.94 bits per heavy atom. The third-order valence-electron chi connectivity index (χ3n) is 2.42. The summed E-state index contributed by atoms with van der Waals surface area (Å²) < 4.78 is 4.59. The van der Waals surface area contributed by atoms with Gasteiger partial charge in [0.15, 0.2) is 5.96 Å². The summed E-state index contributed by atoms with van der Waals surface area (Å²) in [5, 5.41) is 6.48. The molecule has 0 aliphatic carbocycles. The number of unbranched alkanes of at least 4 members (excludes halogenated alkanes) is 2. The maximum atomic E-state index is 10.9. The summed E-state index contributed by atoms with van der Waals surface area (Å²) in [4.78, 5) is 15.3. The summed E-state index contributed by atoms with van der Waals surface area (Å²) in [6.07, 6.45) is 4.51. The maximum absolute atomic E-state index is 10.9. The van der Waals surface area contributed by atoms with Gasteiger partial charge in [0.05, 0.1) is 7.11 Å². The molecule has 5 heteroatoms. The minimum atomic E-state index is -0.124. The van der Waals surface area contributed by atoms with Crippen LogP contribution in [0.15, 0.2) is 4.99 Å². The van der Waals surface area contributed by atoms with Crippen molar-refractivity contribution in [2.24, 2.45) is 4.99 Å². The highest BCUT2D eigenvalue weighted by Crippen LogP contribution is 1.99. The van der Waals surface area contributed by atoms with E-state index < -0.39 is 0 Å². The molecule has 18 heavy (non-hydrogen) atoms. The molecule has 2 N–H and O–H groups in total. The van der Waals surface area contributed by atoms with E-state index in [1.165, 1.54) is 7.11 Å². The summed E-state index contributed by atoms with van der Waals surface area (Å²) in [6.45, 7) is 6.77. The van der Waals surface area contributed by atoms with Crippen molar-refractivity contribution in [2.45, 2.75) is 46.0 Å². The molecule has 0 heterocycles. The maximum Gasteiger partial charge on any atom is 0.305 e. The van der Waals surface area contributed by atoms with E-state index in [0.29, 0.717) is 6.42 Å². The third kappa shape index (κ3) is 9.93. The first-order valence-corrected chi connectivity index (χ1v) is 6.83. The second kappa shape index (κ2) is 12.2. The van der Waals surface area contributed by atoms with Crippen LogP contribution in [0.3, 0.4) is 0 Å². The zero-order chi connectivity index (χ0) is 13.6. The van der Waals surface area contributed by atoms with E-state index in [-0.39, 0.29) is 5.97 Å². The Bertz CT molecular complexity index is 242. The molecular weight excluding hydrogens is 230 g/mol. The van der Waals surface area contributed by atoms with Crippen molar-refractivity contribution in [2.75, 3.05) is 26.7 Å². The number of rotatable bonds is 9. The van der Waals surface area contributed by atoms with Gasteiger partial charge in [0.1, 0.15) is 0 Å². The minimum absolute atomic E-state index is 0.124. The second-order valence-electron chi connectivity index (χ2n) is 4.07. The quantitative estimate of drug-likeness (QED) is 0.285. The van der Waals surface area contributed by atoms with Gasteiger partial charge in [0, 0.05) is 26.1 Å². The highest BCUT2D eigenvalue weighted by atomic mass is 16.5. The topological polar surface area (TPSA) is 62.7 Å². The van der Waals surface area contributed by atoms with Gasteiger partial charge in [-0.1, -0.05) is 13.3 Å². The SMILES string of the molecule is CCCN=C(NCC)NCCCCCC(=O)OC. The van der Waals surface area contributed by atoms with Crippen LogP contribution in [0.25, 0.3) is 0 Å². The summed E-state index contributed by atoms with van der Waals surface area (Å²) >= 11 is 0. The van der Waals surface area contributed by atoms with Crippen LogP contribution in [0.2, 0.25) is 0 Å². The Balaban J connectivity index is 3.57. The van der Waals surface area contributed by atoms with Crippen LogP contribution in [0.5, 0.6) is 0 Å². The molecule has 0 radical (unpaired) electrons. The van der Waals surface area contributed by atoms with Crippen molar-refractivity contribution < 1.29 is 9.53 Å². The predicted molar refractivity (Wildman–Crippen MR) is 74.8 cm³/mol. The highest BCUT2D eigenvalue weighted by Gasteiger charge is 1.99. The van der Waals surface area contributed by atoms with E-state index >= 15 is 0 Å². The molecule has 0 aromatic heterocycles. The van der Waals surface area contributed by atoms with Crippen molar-refractivity contribution in [1.29, 1.82) is 0 Å². The lowest BCUT2D eigenvalue weighted by molar-refractivity contribution is -0.140. The lowest BCUT2D eigenvalue weighted by Crippen LogP contribution is -2.37. The number of carbonyl (C=O) groups is 1. The summed E-state index contributed by atoms with van der Waals surface area (Å²) in [6, 6.07) is 0. The Labute approximate surface area is 110 Å². The van der Waals surface area contributed by atoms with Gasteiger partial charge in [-0.25, -0.2) is 0 Å². The molecule has 0 atom stereocenters. The van der Waals surface area contributed by atoms with E-state index in [1.807, 2.05) is 0 Å². The molecule has 5 nitrogen and oxygen atoms in total. The van der Waals surface area contributed by atoms with Crippen LogP contribution in [0, 0.1) is 0 Å². The summed E-state index contributed by atoms with van der Waals surface area (Å²) in [7, 11) is 1.43. The molecule has 0 saturated carbocycles. The number of carbonyl (C=O) groups excluding carboxylic acids is 1. The summed E-state index contributed by atoms with van der Waals surface area (Å²) in [5.74, 6) is 0.758. The molecule has 0 aliphatic heterocycles. The first-order valence-electron chi connectivity index (χ1n) is 6.83. The molecule has 0 bridgehead atoms. The Hall–Kier alpha value is -1.26. The molecule has 0 fully saturated rings. The molecule has 0 rings (SSSR count). The predicted octanol–water partition coefficient (Wildman–Crippen LogP) is 1.68. The Morgan fingerprint density at radius 3 is 2.56 bits per heavy atom. The largest absolute Gasteiger partial charge is 0.469 e. The zero-order valence-corrected chi connectivity index (χ0v) is 11.9. The minimum Gasteiger partial charge on any atom is -0.469 e. The number of methoxy groups -OCH3 is 1. The Morgan fingerprint density at radius 1 is 1.17 bits per heavy atom. The van der Waals surface area contributed by atoms with Gasteiger partial charge >= 0.3 is 5.97 Å². The Kier molecular flexibility index (Phi) is 11.3. The van der Waals surface area contributed by atoms with Crippen molar-refractivity contribution in [3.63, 3.8) is 0 Å². The number of nitrogens with zero attached hydrogens (tertiary/aromatic N) is 1. The monoisotopic (exact) mass is 257 g/mol. The van der Waals surface area contributed by atoms with Gasteiger partial charge in [0.25, 0.3) is 0 Å². The molecule has 0 aromatic rings. The number of esters is 1. The van der Waals surface area contributed by atoms with Crippen molar-refractivity contribution in [1.82, 2.24) is 10.6 Å². The normalized spacial score (nSPS) is 11.2. The van der Waals surface area contributed by atoms with Crippen LogP contribution in [-0.2, 0) is 9.53 Å². The molecule has 0 spiro atoms. The molecule has 0 aromatic carbocycles. The van der Waals surface area contributed by atoms with Crippen molar-refractivity contribution in [3.8, 4) is 0 Å². The van der Waals surface area contributed by atoms with Gasteiger partial charge < -0.3 is 15.4 Å². The summed E-state index contributed by atoms with van der Waals surface area (Å²) in [5.41, 5.74) is 0. The zero-order valence-electron chi connectivity index (χ0n) is 11.9. The molecular formula is C13H27N3O2. The van der Waals surface area contributed by atoms with Gasteiger partial charge in [-0.05, 0) is 26.2 Å². The number of ether oxygens (including phenoxy) is 1. The van der Waals surface area contributed by atoms with E-state index in [1.54, 1.807) is 0 Å². The number of aliphatic imine (C=N–C) groups is 1. The number of hydrogen-bond donors (Lipinski definition) is 2. The smallest absolute Gasteiger partial charge is 0.305 e. The standard InChI is InChI=1S/C13H27N3O2/c1-4-10-15-13(14-5-2)16-11-8-6-7-9-12(17)18-3/h4-11H2,1-3H3,(H2,14,15,16). The lowest BCUT2D eigenvalue weighted by Gasteiger charge is -2.10. The van der Waals surface area contributed by atoms with Gasteiger partial charge in [-0.2, -0.15) is 0 Å². The van der Waals surface area contributed by atoms with E-state index in [9.17, 15) is 4.79 Å². The van der Waals surface area contributed by atoms with Crippen molar-refractivity contribution in [3.05, 3.63) is 0 Å². The number of guanidine groups is 1. The van der Waals surface area contributed by atoms with Crippen LogP contribution < -0.4 is 10.6 Å². The first kappa shape index (κ1) is 16.7. The fraction of sp³-hybridized carbons (Fsp3) is 0.846. The first-order chi connectivity index (χ1) is 8.74. The second-order valence-corrected chi connectivity index (χ2v) is 4.07. The van der Waals surface area contributed by atoms with Gasteiger partial charge in [-0.15, -0.1) is 0 Å². The van der Waals surface area contributed by atoms with E-state index in [2.05, 4.69) is 34.2 Å².